The van der Waals surface area contributed by atoms with Crippen molar-refractivity contribution in [1.29, 1.82) is 0 Å². The number of hydrogen-bond acceptors (Lipinski definition) is 2. The summed E-state index contributed by atoms with van der Waals surface area (Å²) in [5.74, 6) is 4.84. The average molecular weight is 529 g/mol. The smallest absolute Gasteiger partial charge is 0.137 e. The van der Waals surface area contributed by atoms with E-state index in [0.29, 0.717) is 24.0 Å². The van der Waals surface area contributed by atoms with Gasteiger partial charge in [-0.25, -0.2) is 0 Å². The Morgan fingerprint density at radius 2 is 1.23 bits per heavy atom. The summed E-state index contributed by atoms with van der Waals surface area (Å²) in [4.78, 5) is 14.0. The van der Waals surface area contributed by atoms with Gasteiger partial charge in [0.2, 0.25) is 0 Å². The number of carbonyl (C=O) groups excluding carboxylic acids is 1. The number of Topliss-reactive ketones (excluding diaryl/α,β-unsaturated/α-hetero) is 1. The lowest BCUT2D eigenvalue weighted by atomic mass is 9.68. The van der Waals surface area contributed by atoms with Crippen molar-refractivity contribution >= 4 is 5.78 Å². The number of allylic oxidation sites excluding steroid dienone is 1. The molecule has 0 aliphatic heterocycles. The molecule has 0 unspecified atom stereocenters. The predicted molar refractivity (Wildman–Crippen MR) is 163 cm³/mol. The molecule has 0 spiro atoms. The Morgan fingerprint density at radius 3 is 1.72 bits per heavy atom. The molecule has 2 fully saturated rings. The Balaban J connectivity index is 1.60. The first-order chi connectivity index (χ1) is 18.7. The lowest BCUT2D eigenvalue weighted by Crippen LogP contribution is -2.37. The molecule has 0 radical (unpaired) electrons. The lowest BCUT2D eigenvalue weighted by molar-refractivity contribution is -0.127. The number of ether oxygens (including phenoxy) is 1. The van der Waals surface area contributed by atoms with Crippen molar-refractivity contribution in [3.8, 4) is 0 Å². The highest BCUT2D eigenvalue weighted by Gasteiger charge is 2.43. The second kappa shape index (κ2) is 13.3. The molecule has 4 rings (SSSR count). The Hall–Kier alpha value is -2.35. The van der Waals surface area contributed by atoms with Crippen LogP contribution in [-0.4, -0.2) is 5.78 Å². The molecule has 0 heterocycles. The second-order valence-electron chi connectivity index (χ2n) is 13.5. The Labute approximate surface area is 238 Å². The molecule has 2 aromatic rings. The fraction of sp³-hybridized carbons (Fsp3) is 0.595. The molecule has 2 atom stereocenters. The van der Waals surface area contributed by atoms with Gasteiger partial charge < -0.3 is 4.74 Å². The van der Waals surface area contributed by atoms with Crippen LogP contribution >= 0.6 is 0 Å². The van der Waals surface area contributed by atoms with Crippen LogP contribution in [0.5, 0.6) is 0 Å². The van der Waals surface area contributed by atoms with E-state index in [9.17, 15) is 4.79 Å². The van der Waals surface area contributed by atoms with Gasteiger partial charge in [-0.15, -0.1) is 0 Å². The van der Waals surface area contributed by atoms with Gasteiger partial charge in [0.25, 0.3) is 0 Å². The summed E-state index contributed by atoms with van der Waals surface area (Å²) in [5.41, 5.74) is 1.80. The summed E-state index contributed by atoms with van der Waals surface area (Å²) in [6, 6.07) is 21.2. The third kappa shape index (κ3) is 7.24. The van der Waals surface area contributed by atoms with Crippen LogP contribution < -0.4 is 0 Å². The number of benzene rings is 2. The van der Waals surface area contributed by atoms with Crippen LogP contribution in [-0.2, 0) is 14.9 Å². The number of carbonyl (C=O) groups is 1. The molecule has 0 N–H and O–H groups in total. The third-order valence-corrected chi connectivity index (χ3v) is 10.3. The largest absolute Gasteiger partial charge is 0.489 e. The molecule has 2 aliphatic carbocycles. The van der Waals surface area contributed by atoms with Crippen molar-refractivity contribution in [3.05, 3.63) is 84.1 Å². The summed E-state index contributed by atoms with van der Waals surface area (Å²) in [6.45, 7) is 16.1. The first-order valence-corrected chi connectivity index (χ1v) is 15.7. The van der Waals surface area contributed by atoms with E-state index in [0.717, 1.165) is 54.8 Å². The van der Waals surface area contributed by atoms with Crippen LogP contribution in [0.25, 0.3) is 0 Å². The van der Waals surface area contributed by atoms with E-state index in [1.54, 1.807) is 0 Å². The van der Waals surface area contributed by atoms with Crippen LogP contribution in [0.3, 0.4) is 0 Å². The fourth-order valence-electron chi connectivity index (χ4n) is 7.33. The Morgan fingerprint density at radius 1 is 0.769 bits per heavy atom. The predicted octanol–water partition coefficient (Wildman–Crippen LogP) is 10.1. The van der Waals surface area contributed by atoms with Gasteiger partial charge in [0.1, 0.15) is 11.9 Å². The van der Waals surface area contributed by atoms with Crippen LogP contribution in [0.4, 0.5) is 0 Å². The van der Waals surface area contributed by atoms with E-state index in [1.165, 1.54) is 31.2 Å². The molecular formula is C37H52O2. The number of ketones is 1. The molecule has 0 saturated heterocycles. The summed E-state index contributed by atoms with van der Waals surface area (Å²) < 4.78 is 6.98. The summed E-state index contributed by atoms with van der Waals surface area (Å²) in [7, 11) is 0. The molecule has 0 bridgehead atoms. The van der Waals surface area contributed by atoms with Crippen LogP contribution in [0.15, 0.2) is 73.0 Å². The molecule has 2 aliphatic rings. The highest BCUT2D eigenvalue weighted by Crippen LogP contribution is 2.47. The van der Waals surface area contributed by atoms with Crippen LogP contribution in [0, 0.1) is 35.5 Å². The summed E-state index contributed by atoms with van der Waals surface area (Å²) >= 11 is 0. The van der Waals surface area contributed by atoms with E-state index < -0.39 is 5.41 Å². The molecule has 2 saturated carbocycles. The van der Waals surface area contributed by atoms with Crippen molar-refractivity contribution in [1.82, 2.24) is 0 Å². The molecule has 2 nitrogen and oxygen atoms in total. The fourth-order valence-corrected chi connectivity index (χ4v) is 7.33. The number of hydrogen-bond donors (Lipinski definition) is 0. The quantitative estimate of drug-likeness (QED) is 0.271. The highest BCUT2D eigenvalue weighted by molar-refractivity contribution is 5.82. The zero-order chi connectivity index (χ0) is 28.0. The maximum atomic E-state index is 14.0. The molecule has 0 aromatic heterocycles. The van der Waals surface area contributed by atoms with Gasteiger partial charge in [-0.3, -0.25) is 4.79 Å². The van der Waals surface area contributed by atoms with E-state index in [-0.39, 0.29) is 12.0 Å². The standard InChI is InChI=1S/C37H52O2/c1-26(2)29-17-21-31(22-18-29)28(5)39-36(33-13-9-7-10-14-33)37(6,34-15-11-8-12-16-34)25-35(38)32-23-19-30(20-24-32)27(3)4/h7-16,26-27,29-32,36H,5,17-25H2,1-4,6H3/t29?,30?,31?,32?,36-,37-/m1/s1. The average Bonchev–Trinajstić information content (AvgIpc) is 2.96. The number of rotatable bonds is 11. The highest BCUT2D eigenvalue weighted by atomic mass is 16.5. The van der Waals surface area contributed by atoms with Gasteiger partial charge >= 0.3 is 0 Å². The third-order valence-electron chi connectivity index (χ3n) is 10.3. The normalized spacial score (nSPS) is 26.1. The molecule has 0 amide bonds. The van der Waals surface area contributed by atoms with E-state index in [4.69, 9.17) is 4.74 Å². The SMILES string of the molecule is C=C(O[C@H](c1ccccc1)[C@](C)(CC(=O)C1CCC(C(C)C)CC1)c1ccccc1)C1CCC(C(C)C)CC1. The first-order valence-electron chi connectivity index (χ1n) is 15.7. The van der Waals surface area contributed by atoms with Gasteiger partial charge in [0.15, 0.2) is 0 Å². The van der Waals surface area contributed by atoms with Gasteiger partial charge in [-0.1, -0.05) is 102 Å². The maximum Gasteiger partial charge on any atom is 0.137 e. The Kier molecular flexibility index (Phi) is 10.1. The van der Waals surface area contributed by atoms with Crippen molar-refractivity contribution < 1.29 is 9.53 Å². The minimum atomic E-state index is -0.493. The second-order valence-corrected chi connectivity index (χ2v) is 13.5. The maximum absolute atomic E-state index is 14.0. The van der Waals surface area contributed by atoms with Gasteiger partial charge in [0, 0.05) is 23.7 Å². The molecular weight excluding hydrogens is 476 g/mol. The minimum Gasteiger partial charge on any atom is -0.489 e. The van der Waals surface area contributed by atoms with Gasteiger partial charge in [0.05, 0.1) is 5.76 Å². The van der Waals surface area contributed by atoms with Gasteiger partial charge in [-0.2, -0.15) is 0 Å². The van der Waals surface area contributed by atoms with Crippen molar-refractivity contribution in [2.75, 3.05) is 0 Å². The summed E-state index contributed by atoms with van der Waals surface area (Å²) in [5, 5.41) is 0. The van der Waals surface area contributed by atoms with Crippen LogP contribution in [0.2, 0.25) is 0 Å². The summed E-state index contributed by atoms with van der Waals surface area (Å²) in [6.07, 6.45) is 9.38. The monoisotopic (exact) mass is 528 g/mol. The molecule has 2 aromatic carbocycles. The molecule has 212 valence electrons. The first kappa shape index (κ1) is 29.6. The zero-order valence-electron chi connectivity index (χ0n) is 25.2. The van der Waals surface area contributed by atoms with E-state index in [1.807, 2.05) is 0 Å². The van der Waals surface area contributed by atoms with Crippen molar-refractivity contribution in [2.45, 2.75) is 104 Å². The molecule has 39 heavy (non-hydrogen) atoms. The molecule has 2 heteroatoms. The lowest BCUT2D eigenvalue weighted by Gasteiger charge is -2.41. The zero-order valence-corrected chi connectivity index (χ0v) is 25.2. The minimum absolute atomic E-state index is 0.161. The van der Waals surface area contributed by atoms with Crippen molar-refractivity contribution in [3.63, 3.8) is 0 Å². The van der Waals surface area contributed by atoms with Crippen LogP contribution in [0.1, 0.15) is 110 Å². The van der Waals surface area contributed by atoms with E-state index >= 15 is 0 Å². The van der Waals surface area contributed by atoms with Gasteiger partial charge in [-0.05, 0) is 86.2 Å². The van der Waals surface area contributed by atoms with E-state index in [2.05, 4.69) is 102 Å². The van der Waals surface area contributed by atoms with Crippen molar-refractivity contribution in [2.24, 2.45) is 35.5 Å². The Bertz CT molecular complexity index is 1040. The topological polar surface area (TPSA) is 26.3 Å².